The van der Waals surface area contributed by atoms with Crippen LogP contribution in [0, 0.1) is 17.6 Å². The third kappa shape index (κ3) is 5.62. The van der Waals surface area contributed by atoms with Gasteiger partial charge >= 0.3 is 23.8 Å². The first kappa shape index (κ1) is 22.2. The second-order valence-corrected chi connectivity index (χ2v) is 7.57. The van der Waals surface area contributed by atoms with E-state index in [0.29, 0.717) is 31.4 Å². The number of carboxylic acid groups (broad SMARTS) is 1. The van der Waals surface area contributed by atoms with Crippen LogP contribution in [0.4, 0.5) is 26.2 Å². The van der Waals surface area contributed by atoms with E-state index in [1.165, 1.54) is 36.4 Å². The number of benzene rings is 2. The molecule has 0 radical (unpaired) electrons. The number of halogens is 2. The molecule has 1 amide bonds. The van der Waals surface area contributed by atoms with Gasteiger partial charge in [0, 0.05) is 11.8 Å². The zero-order valence-electron chi connectivity index (χ0n) is 17.3. The zero-order valence-corrected chi connectivity index (χ0v) is 17.3. The van der Waals surface area contributed by atoms with Gasteiger partial charge in [0.15, 0.2) is 0 Å². The van der Waals surface area contributed by atoms with Crippen molar-refractivity contribution in [2.45, 2.75) is 31.8 Å². The second-order valence-electron chi connectivity index (χ2n) is 7.57. The van der Waals surface area contributed by atoms with Crippen LogP contribution in [0.5, 0.6) is 5.75 Å². The second kappa shape index (κ2) is 9.63. The molecular formula is C22H20F2N4O5. The van der Waals surface area contributed by atoms with Crippen LogP contribution in [-0.2, 0) is 4.79 Å². The molecule has 0 saturated heterocycles. The summed E-state index contributed by atoms with van der Waals surface area (Å²) in [6, 6.07) is 9.30. The molecule has 2 aromatic carbocycles. The van der Waals surface area contributed by atoms with Crippen LogP contribution in [0.1, 0.15) is 36.4 Å². The Bertz CT molecular complexity index is 1140. The molecule has 172 valence electrons. The van der Waals surface area contributed by atoms with Crippen LogP contribution in [0.25, 0.3) is 0 Å². The van der Waals surface area contributed by atoms with Crippen molar-refractivity contribution in [1.29, 1.82) is 0 Å². The van der Waals surface area contributed by atoms with Gasteiger partial charge in [-0.1, -0.05) is 5.10 Å². The molecule has 0 bridgehead atoms. The number of carbonyl (C=O) groups is 2. The number of rotatable bonds is 7. The maximum Gasteiger partial charge on any atom is 0.320 e. The van der Waals surface area contributed by atoms with Gasteiger partial charge in [0.25, 0.3) is 0 Å². The zero-order chi connectivity index (χ0) is 23.4. The molecule has 1 aromatic heterocycles. The van der Waals surface area contributed by atoms with Crippen LogP contribution in [0.3, 0.4) is 0 Å². The average molecular weight is 458 g/mol. The van der Waals surface area contributed by atoms with E-state index in [1.54, 1.807) is 0 Å². The van der Waals surface area contributed by atoms with Crippen molar-refractivity contribution >= 4 is 29.3 Å². The summed E-state index contributed by atoms with van der Waals surface area (Å²) in [7, 11) is 0. The lowest BCUT2D eigenvalue weighted by molar-refractivity contribution is -0.143. The fourth-order valence-corrected chi connectivity index (χ4v) is 3.49. The van der Waals surface area contributed by atoms with Gasteiger partial charge in [0.05, 0.1) is 17.7 Å². The summed E-state index contributed by atoms with van der Waals surface area (Å²) in [6.45, 7) is 0. The summed E-state index contributed by atoms with van der Waals surface area (Å²) in [4.78, 5) is 23.4. The molecule has 11 heteroatoms. The number of anilines is 3. The highest BCUT2D eigenvalue weighted by Gasteiger charge is 2.27. The number of aliphatic carboxylic acids is 1. The summed E-state index contributed by atoms with van der Waals surface area (Å²) < 4.78 is 38.4. The fraction of sp³-hybridized carbons (Fsp3) is 0.273. The number of nitrogens with one attached hydrogen (secondary N) is 2. The summed E-state index contributed by atoms with van der Waals surface area (Å²) in [5.74, 6) is -3.22. The van der Waals surface area contributed by atoms with Crippen molar-refractivity contribution in [3.05, 3.63) is 60.0 Å². The molecular weight excluding hydrogens is 438 g/mol. The maximum absolute atomic E-state index is 14.5. The lowest BCUT2D eigenvalue weighted by atomic mass is 9.87. The lowest BCUT2D eigenvalue weighted by Crippen LogP contribution is -2.27. The van der Waals surface area contributed by atoms with Gasteiger partial charge in [-0.05, 0) is 62.1 Å². The number of aromatic nitrogens is 2. The van der Waals surface area contributed by atoms with E-state index in [1.807, 2.05) is 0 Å². The molecule has 4 rings (SSSR count). The van der Waals surface area contributed by atoms with Gasteiger partial charge in [-0.15, -0.1) is 5.10 Å². The predicted octanol–water partition coefficient (Wildman–Crippen LogP) is 4.37. The molecule has 1 aliphatic carbocycles. The van der Waals surface area contributed by atoms with Crippen LogP contribution in [-0.4, -0.2) is 33.3 Å². The molecule has 1 aliphatic rings. The Morgan fingerprint density at radius 3 is 2.42 bits per heavy atom. The molecule has 3 aromatic rings. The standard InChI is InChI=1S/C22H20F2N4O5/c23-13-3-5-14(6-4-13)25-22-28-27-20(33-22)19(29)26-18-10-9-16(11-17(18)24)32-15-7-1-12(2-8-15)21(30)31/h3-6,9-12,15H,1-2,7-8H2,(H,25,28)(H,26,29)(H,30,31). The van der Waals surface area contributed by atoms with Crippen molar-refractivity contribution in [3.8, 4) is 5.75 Å². The van der Waals surface area contributed by atoms with Gasteiger partial charge in [-0.25, -0.2) is 8.78 Å². The molecule has 33 heavy (non-hydrogen) atoms. The normalized spacial score (nSPS) is 17.9. The number of carboxylic acids is 1. The molecule has 1 saturated carbocycles. The first-order chi connectivity index (χ1) is 15.9. The number of hydrogen-bond acceptors (Lipinski definition) is 7. The molecule has 0 aliphatic heterocycles. The molecule has 3 N–H and O–H groups in total. The Labute approximate surface area is 186 Å². The van der Waals surface area contributed by atoms with Crippen LogP contribution in [0.15, 0.2) is 46.9 Å². The fourth-order valence-electron chi connectivity index (χ4n) is 3.49. The summed E-state index contributed by atoms with van der Waals surface area (Å²) in [5.41, 5.74) is 0.373. The molecule has 1 fully saturated rings. The Balaban J connectivity index is 1.33. The smallest absolute Gasteiger partial charge is 0.320 e. The average Bonchev–Trinajstić information content (AvgIpc) is 3.26. The monoisotopic (exact) mass is 458 g/mol. The van der Waals surface area contributed by atoms with Crippen molar-refractivity contribution in [1.82, 2.24) is 10.2 Å². The van der Waals surface area contributed by atoms with Gasteiger partial charge < -0.3 is 24.9 Å². The maximum atomic E-state index is 14.5. The minimum Gasteiger partial charge on any atom is -0.490 e. The van der Waals surface area contributed by atoms with E-state index in [0.717, 1.165) is 6.07 Å². The lowest BCUT2D eigenvalue weighted by Gasteiger charge is -2.26. The molecule has 9 nitrogen and oxygen atoms in total. The van der Waals surface area contributed by atoms with E-state index in [-0.39, 0.29) is 29.5 Å². The molecule has 0 unspecified atom stereocenters. The van der Waals surface area contributed by atoms with Gasteiger partial charge in [-0.2, -0.15) is 0 Å². The van der Waals surface area contributed by atoms with E-state index < -0.39 is 29.4 Å². The first-order valence-corrected chi connectivity index (χ1v) is 10.2. The van der Waals surface area contributed by atoms with Crippen molar-refractivity contribution in [3.63, 3.8) is 0 Å². The highest BCUT2D eigenvalue weighted by Crippen LogP contribution is 2.29. The van der Waals surface area contributed by atoms with Crippen molar-refractivity contribution in [2.24, 2.45) is 5.92 Å². The van der Waals surface area contributed by atoms with Gasteiger partial charge in [0.2, 0.25) is 0 Å². The van der Waals surface area contributed by atoms with E-state index >= 15 is 0 Å². The molecule has 0 spiro atoms. The van der Waals surface area contributed by atoms with Crippen molar-refractivity contribution < 1.29 is 32.6 Å². The molecule has 0 atom stereocenters. The Morgan fingerprint density at radius 2 is 1.76 bits per heavy atom. The topological polar surface area (TPSA) is 127 Å². The quantitative estimate of drug-likeness (QED) is 0.477. The van der Waals surface area contributed by atoms with Gasteiger partial charge in [0.1, 0.15) is 17.4 Å². The number of carbonyl (C=O) groups excluding carboxylic acids is 1. The Morgan fingerprint density at radius 1 is 1.03 bits per heavy atom. The van der Waals surface area contributed by atoms with Crippen LogP contribution < -0.4 is 15.4 Å². The Kier molecular flexibility index (Phi) is 6.48. The SMILES string of the molecule is O=C(Nc1ccc(OC2CCC(C(=O)O)CC2)cc1F)c1nnc(Nc2ccc(F)cc2)o1. The van der Waals surface area contributed by atoms with E-state index in [9.17, 15) is 18.4 Å². The number of amides is 1. The minimum atomic E-state index is -0.811. The summed E-state index contributed by atoms with van der Waals surface area (Å²) >= 11 is 0. The van der Waals surface area contributed by atoms with Crippen molar-refractivity contribution in [2.75, 3.05) is 10.6 Å². The third-order valence-corrected chi connectivity index (χ3v) is 5.23. The number of hydrogen-bond donors (Lipinski definition) is 3. The highest BCUT2D eigenvalue weighted by molar-refractivity contribution is 6.01. The third-order valence-electron chi connectivity index (χ3n) is 5.23. The van der Waals surface area contributed by atoms with Crippen LogP contribution >= 0.6 is 0 Å². The first-order valence-electron chi connectivity index (χ1n) is 10.2. The van der Waals surface area contributed by atoms with E-state index in [2.05, 4.69) is 20.8 Å². The highest BCUT2D eigenvalue weighted by atomic mass is 19.1. The number of nitrogens with zero attached hydrogens (tertiary/aromatic N) is 2. The predicted molar refractivity (Wildman–Crippen MR) is 112 cm³/mol. The summed E-state index contributed by atoms with van der Waals surface area (Å²) in [5, 5.41) is 21.4. The Hall–Kier alpha value is -4.02. The summed E-state index contributed by atoms with van der Waals surface area (Å²) in [6.07, 6.45) is 1.98. The number of ether oxygens (including phenoxy) is 1. The van der Waals surface area contributed by atoms with Gasteiger partial charge in [-0.3, -0.25) is 9.59 Å². The molecule has 1 heterocycles. The minimum absolute atomic E-state index is 0.0893. The van der Waals surface area contributed by atoms with E-state index in [4.69, 9.17) is 14.3 Å². The largest absolute Gasteiger partial charge is 0.490 e. The van der Waals surface area contributed by atoms with Crippen LogP contribution in [0.2, 0.25) is 0 Å².